The summed E-state index contributed by atoms with van der Waals surface area (Å²) < 4.78 is 5.99. The van der Waals surface area contributed by atoms with Crippen molar-refractivity contribution in [3.05, 3.63) is 30.3 Å². The van der Waals surface area contributed by atoms with Crippen LogP contribution < -0.4 is 9.80 Å². The Labute approximate surface area is 160 Å². The van der Waals surface area contributed by atoms with Gasteiger partial charge in [0.05, 0.1) is 12.2 Å². The minimum absolute atomic E-state index is 0.313. The van der Waals surface area contributed by atoms with Crippen LogP contribution >= 0.6 is 0 Å². The van der Waals surface area contributed by atoms with Crippen LogP contribution in [0.1, 0.15) is 12.8 Å². The van der Waals surface area contributed by atoms with Gasteiger partial charge in [0.25, 0.3) is 0 Å². The van der Waals surface area contributed by atoms with Crippen molar-refractivity contribution in [2.24, 2.45) is 0 Å². The second-order valence-corrected chi connectivity index (χ2v) is 7.78. The van der Waals surface area contributed by atoms with Crippen molar-refractivity contribution in [2.75, 3.05) is 56.1 Å². The van der Waals surface area contributed by atoms with E-state index in [0.29, 0.717) is 12.2 Å². The zero-order valence-electron chi connectivity index (χ0n) is 15.8. The van der Waals surface area contributed by atoms with Crippen molar-refractivity contribution in [1.29, 1.82) is 0 Å². The number of benzene rings is 1. The lowest BCUT2D eigenvalue weighted by atomic mass is 10.2. The largest absolute Gasteiger partial charge is 0.371 e. The monoisotopic (exact) mass is 366 g/mol. The molecule has 2 unspecified atom stereocenters. The number of likely N-dealkylation sites (N-methyl/N-ethyl adjacent to an activating group) is 1. The number of morpholine rings is 1. The average molecular weight is 366 g/mol. The number of aromatic nitrogens is 3. The maximum absolute atomic E-state index is 5.99. The minimum atomic E-state index is 0.313. The van der Waals surface area contributed by atoms with Crippen LogP contribution in [0.3, 0.4) is 0 Å². The lowest BCUT2D eigenvalue weighted by Gasteiger charge is -2.34. The van der Waals surface area contributed by atoms with Crippen LogP contribution in [0.2, 0.25) is 0 Å². The molecule has 0 aliphatic carbocycles. The molecule has 4 heterocycles. The number of piperazine rings is 1. The quantitative estimate of drug-likeness (QED) is 0.819. The molecule has 2 aromatic rings. The topological polar surface area (TPSA) is 57.6 Å². The van der Waals surface area contributed by atoms with Crippen molar-refractivity contribution in [1.82, 2.24) is 19.9 Å². The van der Waals surface area contributed by atoms with Crippen LogP contribution in [0.4, 0.5) is 11.9 Å². The fourth-order valence-electron chi connectivity index (χ4n) is 4.14. The average Bonchev–Trinajstić information content (AvgIpc) is 3.06. The Balaban J connectivity index is 1.50. The second kappa shape index (κ2) is 7.05. The summed E-state index contributed by atoms with van der Waals surface area (Å²) in [5, 5.41) is 0. The van der Waals surface area contributed by atoms with E-state index in [9.17, 15) is 0 Å². The summed E-state index contributed by atoms with van der Waals surface area (Å²) in [6.07, 6.45) is 2.91. The molecule has 2 bridgehead atoms. The Hall–Kier alpha value is -2.25. The molecular formula is C20H26N6O. The van der Waals surface area contributed by atoms with Gasteiger partial charge in [-0.05, 0) is 19.9 Å². The highest BCUT2D eigenvalue weighted by Crippen LogP contribution is 2.30. The molecule has 1 aromatic heterocycles. The smallest absolute Gasteiger partial charge is 0.230 e. The maximum Gasteiger partial charge on any atom is 0.230 e. The Morgan fingerprint density at radius 3 is 2.11 bits per heavy atom. The lowest BCUT2D eigenvalue weighted by molar-refractivity contribution is 0.0299. The number of rotatable bonds is 3. The van der Waals surface area contributed by atoms with Gasteiger partial charge in [0.15, 0.2) is 5.82 Å². The van der Waals surface area contributed by atoms with Gasteiger partial charge in [-0.1, -0.05) is 30.3 Å². The molecule has 142 valence electrons. The van der Waals surface area contributed by atoms with Gasteiger partial charge in [-0.25, -0.2) is 0 Å². The van der Waals surface area contributed by atoms with E-state index < -0.39 is 0 Å². The third-order valence-electron chi connectivity index (χ3n) is 5.76. The number of anilines is 2. The molecule has 3 aliphatic heterocycles. The number of hydrogen-bond donors (Lipinski definition) is 0. The summed E-state index contributed by atoms with van der Waals surface area (Å²) in [5.74, 6) is 2.34. The Morgan fingerprint density at radius 2 is 1.44 bits per heavy atom. The van der Waals surface area contributed by atoms with Crippen LogP contribution in [0.15, 0.2) is 30.3 Å². The first-order valence-corrected chi connectivity index (χ1v) is 9.90. The molecule has 5 rings (SSSR count). The SMILES string of the molecule is CN1CCN(c2nc(-c3ccccc3)nc(N3CC4CCC(C3)O4)n2)CC1. The first kappa shape index (κ1) is 16.9. The Kier molecular flexibility index (Phi) is 4.41. The minimum Gasteiger partial charge on any atom is -0.371 e. The van der Waals surface area contributed by atoms with E-state index in [1.165, 1.54) is 0 Å². The van der Waals surface area contributed by atoms with E-state index in [2.05, 4.69) is 33.9 Å². The van der Waals surface area contributed by atoms with Crippen LogP contribution in [0.25, 0.3) is 11.4 Å². The van der Waals surface area contributed by atoms with Gasteiger partial charge >= 0.3 is 0 Å². The Bertz CT molecular complexity index is 780. The van der Waals surface area contributed by atoms with E-state index in [4.69, 9.17) is 19.7 Å². The highest BCUT2D eigenvalue weighted by atomic mass is 16.5. The zero-order valence-corrected chi connectivity index (χ0v) is 15.8. The van der Waals surface area contributed by atoms with Gasteiger partial charge in [-0.2, -0.15) is 15.0 Å². The van der Waals surface area contributed by atoms with E-state index in [1.54, 1.807) is 0 Å². The van der Waals surface area contributed by atoms with Gasteiger partial charge < -0.3 is 19.4 Å². The number of nitrogens with zero attached hydrogens (tertiary/aromatic N) is 6. The molecule has 7 nitrogen and oxygen atoms in total. The van der Waals surface area contributed by atoms with Crippen molar-refractivity contribution in [3.63, 3.8) is 0 Å². The summed E-state index contributed by atoms with van der Waals surface area (Å²) in [7, 11) is 2.16. The molecule has 3 saturated heterocycles. The van der Waals surface area contributed by atoms with Crippen molar-refractivity contribution in [3.8, 4) is 11.4 Å². The lowest BCUT2D eigenvalue weighted by Crippen LogP contribution is -2.46. The second-order valence-electron chi connectivity index (χ2n) is 7.78. The van der Waals surface area contributed by atoms with E-state index in [0.717, 1.165) is 75.4 Å². The van der Waals surface area contributed by atoms with Crippen LogP contribution in [-0.2, 0) is 4.74 Å². The first-order chi connectivity index (χ1) is 13.2. The zero-order chi connectivity index (χ0) is 18.2. The predicted octanol–water partition coefficient (Wildman–Crippen LogP) is 1.66. The fourth-order valence-corrected chi connectivity index (χ4v) is 4.14. The highest BCUT2D eigenvalue weighted by Gasteiger charge is 2.35. The molecule has 0 saturated carbocycles. The van der Waals surface area contributed by atoms with Crippen LogP contribution in [0, 0.1) is 0 Å². The fraction of sp³-hybridized carbons (Fsp3) is 0.550. The van der Waals surface area contributed by atoms with Crippen molar-refractivity contribution < 1.29 is 4.74 Å². The number of fused-ring (bicyclic) bond motifs is 2. The molecule has 1 aromatic carbocycles. The molecule has 2 atom stereocenters. The molecule has 27 heavy (non-hydrogen) atoms. The van der Waals surface area contributed by atoms with Gasteiger partial charge in [0.2, 0.25) is 11.9 Å². The third kappa shape index (κ3) is 3.49. The van der Waals surface area contributed by atoms with Crippen LogP contribution in [0.5, 0.6) is 0 Å². The summed E-state index contributed by atoms with van der Waals surface area (Å²) in [5.41, 5.74) is 1.03. The third-order valence-corrected chi connectivity index (χ3v) is 5.76. The normalized spacial score (nSPS) is 25.8. The number of hydrogen-bond acceptors (Lipinski definition) is 7. The van der Waals surface area contributed by atoms with E-state index in [-0.39, 0.29) is 0 Å². The molecule has 0 N–H and O–H groups in total. The molecule has 0 radical (unpaired) electrons. The Morgan fingerprint density at radius 1 is 0.815 bits per heavy atom. The highest BCUT2D eigenvalue weighted by molar-refractivity contribution is 5.58. The molecule has 3 aliphatic rings. The molecule has 0 amide bonds. The standard InChI is InChI=1S/C20H26N6O/c1-24-9-11-25(12-10-24)19-21-18(15-5-3-2-4-6-15)22-20(23-19)26-13-16-7-8-17(14-26)27-16/h2-6,16-17H,7-14H2,1H3. The van der Waals surface area contributed by atoms with Crippen molar-refractivity contribution in [2.45, 2.75) is 25.0 Å². The molecule has 0 spiro atoms. The van der Waals surface area contributed by atoms with Gasteiger partial charge in [0, 0.05) is 44.8 Å². The predicted molar refractivity (Wildman–Crippen MR) is 105 cm³/mol. The molecule has 3 fully saturated rings. The number of ether oxygens (including phenoxy) is 1. The van der Waals surface area contributed by atoms with Gasteiger partial charge in [0.1, 0.15) is 0 Å². The summed E-state index contributed by atoms with van der Waals surface area (Å²) in [4.78, 5) is 21.5. The van der Waals surface area contributed by atoms with Crippen molar-refractivity contribution >= 4 is 11.9 Å². The van der Waals surface area contributed by atoms with E-state index in [1.807, 2.05) is 18.2 Å². The summed E-state index contributed by atoms with van der Waals surface area (Å²) in [6, 6.07) is 10.2. The summed E-state index contributed by atoms with van der Waals surface area (Å²) >= 11 is 0. The summed E-state index contributed by atoms with van der Waals surface area (Å²) in [6.45, 7) is 5.70. The van der Waals surface area contributed by atoms with Gasteiger partial charge in [-0.3, -0.25) is 0 Å². The molecular weight excluding hydrogens is 340 g/mol. The van der Waals surface area contributed by atoms with E-state index >= 15 is 0 Å². The maximum atomic E-state index is 5.99. The van der Waals surface area contributed by atoms with Crippen LogP contribution in [-0.4, -0.2) is 78.4 Å². The van der Waals surface area contributed by atoms with Gasteiger partial charge in [-0.15, -0.1) is 0 Å². The first-order valence-electron chi connectivity index (χ1n) is 9.90. The molecule has 7 heteroatoms.